The Morgan fingerprint density at radius 2 is 1.88 bits per heavy atom. The van der Waals surface area contributed by atoms with Gasteiger partial charge in [-0.3, -0.25) is 0 Å². The zero-order valence-corrected chi connectivity index (χ0v) is 14.8. The van der Waals surface area contributed by atoms with Crippen molar-refractivity contribution in [3.8, 4) is 11.5 Å². The molecular formula is C17H16ClN3O3S. The van der Waals surface area contributed by atoms with Gasteiger partial charge < -0.3 is 4.52 Å². The number of nitrogens with one attached hydrogen (secondary N) is 1. The number of benzene rings is 2. The van der Waals surface area contributed by atoms with E-state index < -0.39 is 10.0 Å². The zero-order valence-electron chi connectivity index (χ0n) is 13.2. The summed E-state index contributed by atoms with van der Waals surface area (Å²) in [5.41, 5.74) is 1.45. The second kappa shape index (κ2) is 7.77. The summed E-state index contributed by atoms with van der Waals surface area (Å²) in [4.78, 5) is 4.27. The molecule has 0 aliphatic heterocycles. The molecule has 130 valence electrons. The van der Waals surface area contributed by atoms with Crippen molar-refractivity contribution in [1.29, 1.82) is 0 Å². The van der Waals surface area contributed by atoms with E-state index in [1.165, 1.54) is 0 Å². The molecule has 0 atom stereocenters. The van der Waals surface area contributed by atoms with Crippen LogP contribution in [0.2, 0.25) is 5.02 Å². The second-order valence-electron chi connectivity index (χ2n) is 5.42. The number of sulfonamides is 1. The normalized spacial score (nSPS) is 11.6. The van der Waals surface area contributed by atoms with Gasteiger partial charge in [0.05, 0.1) is 5.75 Å². The van der Waals surface area contributed by atoms with Crippen molar-refractivity contribution in [2.24, 2.45) is 0 Å². The summed E-state index contributed by atoms with van der Waals surface area (Å²) in [5, 5.41) is 4.38. The quantitative estimate of drug-likeness (QED) is 0.684. The molecule has 0 saturated carbocycles. The highest BCUT2D eigenvalue weighted by molar-refractivity contribution is 7.88. The number of halogens is 1. The maximum Gasteiger partial charge on any atom is 0.257 e. The minimum atomic E-state index is -3.46. The summed E-state index contributed by atoms with van der Waals surface area (Å²) < 4.78 is 31.9. The van der Waals surface area contributed by atoms with Gasteiger partial charge in [-0.2, -0.15) is 4.98 Å². The standard InChI is InChI=1S/C17H16ClN3O3S/c18-15-8-4-5-13(11-15)12-25(22,23)19-10-9-16-20-17(24-21-16)14-6-2-1-3-7-14/h1-8,11,19H,9-10,12H2. The van der Waals surface area contributed by atoms with Crippen LogP contribution < -0.4 is 4.72 Å². The van der Waals surface area contributed by atoms with Crippen LogP contribution in [0.25, 0.3) is 11.5 Å². The van der Waals surface area contributed by atoms with E-state index in [4.69, 9.17) is 16.1 Å². The smallest absolute Gasteiger partial charge is 0.257 e. The molecule has 1 N–H and O–H groups in total. The van der Waals surface area contributed by atoms with E-state index in [0.29, 0.717) is 28.7 Å². The fourth-order valence-electron chi connectivity index (χ4n) is 2.27. The highest BCUT2D eigenvalue weighted by atomic mass is 35.5. The van der Waals surface area contributed by atoms with E-state index >= 15 is 0 Å². The molecule has 6 nitrogen and oxygen atoms in total. The van der Waals surface area contributed by atoms with Crippen molar-refractivity contribution in [3.05, 3.63) is 71.0 Å². The summed E-state index contributed by atoms with van der Waals surface area (Å²) in [6.07, 6.45) is 0.338. The van der Waals surface area contributed by atoms with Crippen LogP contribution in [0.5, 0.6) is 0 Å². The first-order valence-electron chi connectivity index (χ1n) is 7.62. The van der Waals surface area contributed by atoms with Gasteiger partial charge >= 0.3 is 0 Å². The fraction of sp³-hybridized carbons (Fsp3) is 0.176. The Morgan fingerprint density at radius 1 is 1.08 bits per heavy atom. The zero-order chi connectivity index (χ0) is 17.7. The summed E-state index contributed by atoms with van der Waals surface area (Å²) >= 11 is 5.87. The lowest BCUT2D eigenvalue weighted by Crippen LogP contribution is -2.27. The lowest BCUT2D eigenvalue weighted by molar-refractivity contribution is 0.422. The van der Waals surface area contributed by atoms with Crippen molar-refractivity contribution >= 4 is 21.6 Å². The van der Waals surface area contributed by atoms with E-state index in [1.54, 1.807) is 24.3 Å². The lowest BCUT2D eigenvalue weighted by Gasteiger charge is -2.06. The Kier molecular flexibility index (Phi) is 5.47. The number of nitrogens with zero attached hydrogens (tertiary/aromatic N) is 2. The van der Waals surface area contributed by atoms with Crippen molar-refractivity contribution < 1.29 is 12.9 Å². The molecule has 0 aliphatic rings. The molecule has 8 heteroatoms. The molecule has 0 unspecified atom stereocenters. The first kappa shape index (κ1) is 17.6. The van der Waals surface area contributed by atoms with Crippen molar-refractivity contribution in [2.75, 3.05) is 6.54 Å². The lowest BCUT2D eigenvalue weighted by atomic mass is 10.2. The minimum absolute atomic E-state index is 0.130. The van der Waals surface area contributed by atoms with Gasteiger partial charge in [-0.15, -0.1) is 0 Å². The third kappa shape index (κ3) is 5.12. The molecular weight excluding hydrogens is 362 g/mol. The van der Waals surface area contributed by atoms with Crippen LogP contribution in [0.3, 0.4) is 0 Å². The van der Waals surface area contributed by atoms with E-state index in [1.807, 2.05) is 30.3 Å². The SMILES string of the molecule is O=S(=O)(Cc1cccc(Cl)c1)NCCc1noc(-c2ccccc2)n1. The molecule has 0 spiro atoms. The molecule has 0 fully saturated rings. The monoisotopic (exact) mass is 377 g/mol. The van der Waals surface area contributed by atoms with Crippen molar-refractivity contribution in [3.63, 3.8) is 0 Å². The third-order valence-corrected chi connectivity index (χ3v) is 5.00. The topological polar surface area (TPSA) is 85.1 Å². The van der Waals surface area contributed by atoms with E-state index in [9.17, 15) is 8.42 Å². The molecule has 2 aromatic carbocycles. The van der Waals surface area contributed by atoms with Gasteiger partial charge in [-0.1, -0.05) is 47.1 Å². The summed E-state index contributed by atoms with van der Waals surface area (Å²) in [5.74, 6) is 0.733. The molecule has 0 amide bonds. The van der Waals surface area contributed by atoms with Gasteiger partial charge in [-0.25, -0.2) is 13.1 Å². The molecule has 25 heavy (non-hydrogen) atoms. The number of rotatable bonds is 7. The van der Waals surface area contributed by atoms with Crippen LogP contribution in [0.15, 0.2) is 59.1 Å². The average molecular weight is 378 g/mol. The van der Waals surface area contributed by atoms with Gasteiger partial charge in [0.1, 0.15) is 0 Å². The fourth-order valence-corrected chi connectivity index (χ4v) is 3.62. The largest absolute Gasteiger partial charge is 0.334 e. The molecule has 3 aromatic rings. The van der Waals surface area contributed by atoms with Crippen LogP contribution in [-0.4, -0.2) is 25.1 Å². The number of hydrogen-bond donors (Lipinski definition) is 1. The van der Waals surface area contributed by atoms with Crippen LogP contribution in [0.1, 0.15) is 11.4 Å². The van der Waals surface area contributed by atoms with Crippen molar-refractivity contribution in [2.45, 2.75) is 12.2 Å². The van der Waals surface area contributed by atoms with Crippen LogP contribution in [-0.2, 0) is 22.2 Å². The summed E-state index contributed by atoms with van der Waals surface area (Å²) in [6, 6.07) is 16.2. The van der Waals surface area contributed by atoms with E-state index in [0.717, 1.165) is 5.56 Å². The maximum atomic E-state index is 12.1. The second-order valence-corrected chi connectivity index (χ2v) is 7.66. The summed E-state index contributed by atoms with van der Waals surface area (Å²) in [7, 11) is -3.46. The Bertz CT molecular complexity index is 943. The molecule has 0 radical (unpaired) electrons. The van der Waals surface area contributed by atoms with Gasteiger partial charge in [0.2, 0.25) is 10.0 Å². The van der Waals surface area contributed by atoms with Crippen molar-refractivity contribution in [1.82, 2.24) is 14.9 Å². The molecule has 0 aliphatic carbocycles. The maximum absolute atomic E-state index is 12.1. The Balaban J connectivity index is 1.55. The molecule has 3 rings (SSSR count). The molecule has 1 heterocycles. The molecule has 1 aromatic heterocycles. The van der Waals surface area contributed by atoms with Gasteiger partial charge in [0.15, 0.2) is 5.82 Å². The third-order valence-electron chi connectivity index (χ3n) is 3.41. The molecule has 0 bridgehead atoms. The first-order valence-corrected chi connectivity index (χ1v) is 9.65. The van der Waals surface area contributed by atoms with Crippen LogP contribution in [0.4, 0.5) is 0 Å². The van der Waals surface area contributed by atoms with Crippen LogP contribution >= 0.6 is 11.6 Å². The number of aromatic nitrogens is 2. The first-order chi connectivity index (χ1) is 12.0. The van der Waals surface area contributed by atoms with E-state index in [-0.39, 0.29) is 12.3 Å². The highest BCUT2D eigenvalue weighted by Crippen LogP contribution is 2.16. The Hall–Kier alpha value is -2.22. The predicted octanol–water partition coefficient (Wildman–Crippen LogP) is 3.05. The van der Waals surface area contributed by atoms with Gasteiger partial charge in [-0.05, 0) is 29.8 Å². The number of hydrogen-bond acceptors (Lipinski definition) is 5. The predicted molar refractivity (Wildman–Crippen MR) is 95.5 cm³/mol. The minimum Gasteiger partial charge on any atom is -0.334 e. The van der Waals surface area contributed by atoms with Gasteiger partial charge in [0, 0.05) is 23.6 Å². The Labute approximate surface area is 150 Å². The van der Waals surface area contributed by atoms with E-state index in [2.05, 4.69) is 14.9 Å². The Morgan fingerprint density at radius 3 is 2.64 bits per heavy atom. The average Bonchev–Trinajstić information content (AvgIpc) is 3.04. The van der Waals surface area contributed by atoms with Gasteiger partial charge in [0.25, 0.3) is 5.89 Å². The summed E-state index contributed by atoms with van der Waals surface area (Å²) in [6.45, 7) is 0.191. The van der Waals surface area contributed by atoms with Crippen LogP contribution in [0, 0.1) is 0 Å². The molecule has 0 saturated heterocycles. The highest BCUT2D eigenvalue weighted by Gasteiger charge is 2.13.